The molecule has 0 bridgehead atoms. The van der Waals surface area contributed by atoms with Crippen LogP contribution in [-0.4, -0.2) is 20.3 Å². The highest BCUT2D eigenvalue weighted by Gasteiger charge is 2.18. The number of aromatic nitrogens is 3. The van der Waals surface area contributed by atoms with Crippen LogP contribution in [0.15, 0.2) is 85.2 Å². The number of halogens is 1. The molecule has 0 atom stereocenters. The second kappa shape index (κ2) is 7.61. The smallest absolute Gasteiger partial charge is 0.272 e. The summed E-state index contributed by atoms with van der Waals surface area (Å²) in [7, 11) is 0. The molecule has 0 unspecified atom stereocenters. The van der Waals surface area contributed by atoms with Crippen molar-refractivity contribution >= 4 is 33.8 Å². The zero-order chi connectivity index (χ0) is 20.5. The first-order valence-corrected chi connectivity index (χ1v) is 9.92. The quantitative estimate of drug-likeness (QED) is 0.445. The number of nitrogens with one attached hydrogen (secondary N) is 1. The number of amides is 1. The van der Waals surface area contributed by atoms with E-state index in [1.807, 2.05) is 83.4 Å². The lowest BCUT2D eigenvalue weighted by atomic mass is 10.1. The molecular formula is C24H17ClN4O. The van der Waals surface area contributed by atoms with Crippen molar-refractivity contribution in [3.8, 4) is 11.4 Å². The molecule has 30 heavy (non-hydrogen) atoms. The predicted molar refractivity (Wildman–Crippen MR) is 119 cm³/mol. The Kier molecular flexibility index (Phi) is 4.65. The van der Waals surface area contributed by atoms with Gasteiger partial charge >= 0.3 is 0 Å². The maximum absolute atomic E-state index is 13.0. The summed E-state index contributed by atoms with van der Waals surface area (Å²) >= 11 is 6.16. The lowest BCUT2D eigenvalue weighted by molar-refractivity contribution is 0.0948. The number of carbonyl (C=O) groups excluding carboxylic acids is 1. The minimum absolute atomic E-state index is 0.248. The standard InChI is InChI=1S/C24H17ClN4O/c25-18-8-5-7-17(14-18)23-28-22(21-10-3-4-13-29(21)23)24(30)27-15-20-19-9-2-1-6-16(19)11-12-26-20/h1-14H,15H2,(H,27,30). The molecule has 146 valence electrons. The summed E-state index contributed by atoms with van der Waals surface area (Å²) in [4.78, 5) is 22.1. The number of imidazole rings is 1. The third-order valence-electron chi connectivity index (χ3n) is 5.02. The van der Waals surface area contributed by atoms with Crippen LogP contribution in [0.3, 0.4) is 0 Å². The topological polar surface area (TPSA) is 59.3 Å². The maximum atomic E-state index is 13.0. The van der Waals surface area contributed by atoms with Crippen LogP contribution in [0.25, 0.3) is 27.7 Å². The molecule has 5 rings (SSSR count). The first-order valence-electron chi connectivity index (χ1n) is 9.54. The van der Waals surface area contributed by atoms with Crippen LogP contribution in [-0.2, 0) is 6.54 Å². The van der Waals surface area contributed by atoms with Gasteiger partial charge in [-0.15, -0.1) is 0 Å². The molecule has 0 radical (unpaired) electrons. The summed E-state index contributed by atoms with van der Waals surface area (Å²) in [6.07, 6.45) is 3.65. The summed E-state index contributed by atoms with van der Waals surface area (Å²) in [5.74, 6) is 0.420. The van der Waals surface area contributed by atoms with Crippen molar-refractivity contribution in [2.75, 3.05) is 0 Å². The van der Waals surface area contributed by atoms with Gasteiger partial charge in [-0.3, -0.25) is 14.2 Å². The molecule has 1 N–H and O–H groups in total. The maximum Gasteiger partial charge on any atom is 0.272 e. The van der Waals surface area contributed by atoms with Gasteiger partial charge in [0.1, 0.15) is 5.82 Å². The van der Waals surface area contributed by atoms with Crippen molar-refractivity contribution < 1.29 is 4.79 Å². The molecule has 0 aliphatic rings. The van der Waals surface area contributed by atoms with Crippen molar-refractivity contribution in [2.24, 2.45) is 0 Å². The predicted octanol–water partition coefficient (Wildman–Crippen LogP) is 5.13. The van der Waals surface area contributed by atoms with Crippen LogP contribution in [0, 0.1) is 0 Å². The fourth-order valence-electron chi connectivity index (χ4n) is 3.61. The Balaban J connectivity index is 1.49. The molecule has 3 aromatic heterocycles. The van der Waals surface area contributed by atoms with Crippen LogP contribution in [0.4, 0.5) is 0 Å². The number of hydrogen-bond acceptors (Lipinski definition) is 3. The van der Waals surface area contributed by atoms with Gasteiger partial charge in [-0.2, -0.15) is 0 Å². The van der Waals surface area contributed by atoms with Crippen molar-refractivity contribution in [1.82, 2.24) is 19.7 Å². The molecule has 5 nitrogen and oxygen atoms in total. The Labute approximate surface area is 178 Å². The Bertz CT molecular complexity index is 1390. The number of fused-ring (bicyclic) bond motifs is 2. The Hall–Kier alpha value is -3.70. The van der Waals surface area contributed by atoms with E-state index in [1.165, 1.54) is 0 Å². The molecule has 0 aliphatic carbocycles. The van der Waals surface area contributed by atoms with E-state index in [4.69, 9.17) is 11.6 Å². The second-order valence-corrected chi connectivity index (χ2v) is 7.35. The van der Waals surface area contributed by atoms with Gasteiger partial charge in [0.25, 0.3) is 5.91 Å². The average molecular weight is 413 g/mol. The first kappa shape index (κ1) is 18.3. The SMILES string of the molecule is O=C(NCc1nccc2ccccc12)c1nc(-c2cccc(Cl)c2)n2ccccc12. The fourth-order valence-corrected chi connectivity index (χ4v) is 3.80. The number of hydrogen-bond donors (Lipinski definition) is 1. The van der Waals surface area contributed by atoms with Gasteiger partial charge in [0, 0.05) is 28.4 Å². The van der Waals surface area contributed by atoms with Crippen LogP contribution in [0.2, 0.25) is 5.02 Å². The normalized spacial score (nSPS) is 11.1. The van der Waals surface area contributed by atoms with Crippen molar-refractivity contribution in [3.05, 3.63) is 102 Å². The summed E-state index contributed by atoms with van der Waals surface area (Å²) in [5.41, 5.74) is 2.76. The molecule has 0 saturated carbocycles. The molecule has 0 spiro atoms. The minimum atomic E-state index is -0.248. The highest BCUT2D eigenvalue weighted by atomic mass is 35.5. The minimum Gasteiger partial charge on any atom is -0.345 e. The number of nitrogens with zero attached hydrogens (tertiary/aromatic N) is 3. The van der Waals surface area contributed by atoms with E-state index in [0.717, 1.165) is 27.5 Å². The molecule has 3 heterocycles. The molecule has 1 amide bonds. The number of carbonyl (C=O) groups is 1. The van der Waals surface area contributed by atoms with Crippen LogP contribution in [0.1, 0.15) is 16.2 Å². The zero-order valence-electron chi connectivity index (χ0n) is 15.9. The Morgan fingerprint density at radius 2 is 1.87 bits per heavy atom. The highest BCUT2D eigenvalue weighted by Crippen LogP contribution is 2.25. The average Bonchev–Trinajstić information content (AvgIpc) is 3.17. The molecule has 0 aliphatic heterocycles. The molecule has 2 aromatic carbocycles. The first-order chi connectivity index (χ1) is 14.7. The van der Waals surface area contributed by atoms with Gasteiger partial charge in [0.15, 0.2) is 5.69 Å². The third-order valence-corrected chi connectivity index (χ3v) is 5.25. The molecule has 6 heteroatoms. The summed E-state index contributed by atoms with van der Waals surface area (Å²) in [6, 6.07) is 23.1. The van der Waals surface area contributed by atoms with E-state index in [9.17, 15) is 4.79 Å². The van der Waals surface area contributed by atoms with Gasteiger partial charge in [0.05, 0.1) is 17.8 Å². The van der Waals surface area contributed by atoms with E-state index in [2.05, 4.69) is 15.3 Å². The molecule has 5 aromatic rings. The van der Waals surface area contributed by atoms with Crippen molar-refractivity contribution in [3.63, 3.8) is 0 Å². The molecular weight excluding hydrogens is 396 g/mol. The number of pyridine rings is 2. The van der Waals surface area contributed by atoms with Gasteiger partial charge in [-0.1, -0.05) is 54.1 Å². The van der Waals surface area contributed by atoms with Crippen LogP contribution in [0.5, 0.6) is 0 Å². The Morgan fingerprint density at radius 1 is 1.00 bits per heavy atom. The lowest BCUT2D eigenvalue weighted by Crippen LogP contribution is -2.24. The van der Waals surface area contributed by atoms with Crippen LogP contribution >= 0.6 is 11.6 Å². The van der Waals surface area contributed by atoms with Gasteiger partial charge in [-0.05, 0) is 35.7 Å². The molecule has 0 fully saturated rings. The second-order valence-electron chi connectivity index (χ2n) is 6.91. The van der Waals surface area contributed by atoms with E-state index in [1.54, 1.807) is 6.20 Å². The van der Waals surface area contributed by atoms with E-state index in [0.29, 0.717) is 23.1 Å². The van der Waals surface area contributed by atoms with Gasteiger partial charge < -0.3 is 5.32 Å². The fraction of sp³-hybridized carbons (Fsp3) is 0.0417. The lowest BCUT2D eigenvalue weighted by Gasteiger charge is -2.07. The van der Waals surface area contributed by atoms with Crippen LogP contribution < -0.4 is 5.32 Å². The van der Waals surface area contributed by atoms with Crippen molar-refractivity contribution in [2.45, 2.75) is 6.54 Å². The number of rotatable bonds is 4. The van der Waals surface area contributed by atoms with Gasteiger partial charge in [0.2, 0.25) is 0 Å². The highest BCUT2D eigenvalue weighted by molar-refractivity contribution is 6.30. The summed E-state index contributed by atoms with van der Waals surface area (Å²) in [6.45, 7) is 0.318. The zero-order valence-corrected chi connectivity index (χ0v) is 16.7. The van der Waals surface area contributed by atoms with Gasteiger partial charge in [-0.25, -0.2) is 4.98 Å². The molecule has 0 saturated heterocycles. The number of benzene rings is 2. The Morgan fingerprint density at radius 3 is 2.77 bits per heavy atom. The van der Waals surface area contributed by atoms with Crippen molar-refractivity contribution in [1.29, 1.82) is 0 Å². The monoisotopic (exact) mass is 412 g/mol. The van der Waals surface area contributed by atoms with E-state index in [-0.39, 0.29) is 5.91 Å². The largest absolute Gasteiger partial charge is 0.345 e. The summed E-state index contributed by atoms with van der Waals surface area (Å²) in [5, 5.41) is 5.70. The van der Waals surface area contributed by atoms with E-state index >= 15 is 0 Å². The third kappa shape index (κ3) is 3.29. The van der Waals surface area contributed by atoms with E-state index < -0.39 is 0 Å². The summed E-state index contributed by atoms with van der Waals surface area (Å²) < 4.78 is 1.90.